The van der Waals surface area contributed by atoms with Gasteiger partial charge in [0.25, 0.3) is 0 Å². The number of piperidine rings is 2. The van der Waals surface area contributed by atoms with Gasteiger partial charge in [0.05, 0.1) is 41.5 Å². The van der Waals surface area contributed by atoms with E-state index in [0.29, 0.717) is 130 Å². The number of fused-ring (bicyclic) bond motifs is 4. The molecule has 0 aliphatic carbocycles. The Labute approximate surface area is 871 Å². The highest BCUT2D eigenvalue weighted by Gasteiger charge is 2.35. The topological polar surface area (TPSA) is 399 Å². The minimum atomic E-state index is -0.390. The van der Waals surface area contributed by atoms with Crippen LogP contribution in [0.5, 0.6) is 0 Å². The number of aromatic nitrogens is 16. The first-order valence-corrected chi connectivity index (χ1v) is 52.8. The Bertz CT molecular complexity index is 7410. The van der Waals surface area contributed by atoms with Crippen LogP contribution in [0.4, 0.5) is 84.1 Å². The maximum absolute atomic E-state index is 13.5. The molecule has 6 saturated heterocycles. The number of amides is 2. The molecule has 4 aromatic carbocycles. The van der Waals surface area contributed by atoms with Gasteiger partial charge in [-0.05, 0) is 186 Å². The molecule has 4 N–H and O–H groups in total. The predicted molar refractivity (Wildman–Crippen MR) is 568 cm³/mol. The van der Waals surface area contributed by atoms with Crippen molar-refractivity contribution in [2.24, 2.45) is 0 Å². The predicted octanol–water partition coefficient (Wildman–Crippen LogP) is 15.9. The number of aliphatic hydroxyl groups excluding tert-OH is 2. The summed E-state index contributed by atoms with van der Waals surface area (Å²) in [4.78, 5) is 84.0. The van der Waals surface area contributed by atoms with Crippen LogP contribution < -0.4 is 44.9 Å². The van der Waals surface area contributed by atoms with Crippen LogP contribution in [0, 0.1) is 68.6 Å². The summed E-state index contributed by atoms with van der Waals surface area (Å²) in [6.45, 7) is 21.0. The van der Waals surface area contributed by atoms with Crippen molar-refractivity contribution in [1.82, 2.24) is 98.3 Å². The van der Waals surface area contributed by atoms with Gasteiger partial charge < -0.3 is 64.9 Å². The zero-order valence-corrected chi connectivity index (χ0v) is 86.5. The van der Waals surface area contributed by atoms with E-state index in [-0.39, 0.29) is 47.1 Å². The third-order valence-corrected chi connectivity index (χ3v) is 30.5. The number of carbonyl (C=O) groups excluding carboxylic acids is 2. The van der Waals surface area contributed by atoms with Crippen LogP contribution >= 0.6 is 56.9 Å². The number of halogens is 5. The number of alkyl halides is 1. The van der Waals surface area contributed by atoms with Gasteiger partial charge in [0.1, 0.15) is 142 Å². The number of rotatable bonds is 23. The molecule has 762 valence electrons. The number of hydrogen-bond donors (Lipinski definition) is 4. The Kier molecular flexibility index (Phi) is 32.3. The number of hydrogen-bond acceptors (Lipinski definition) is 34. The Morgan fingerprint density at radius 1 is 0.399 bits per heavy atom. The zero-order valence-electron chi connectivity index (χ0n) is 82.5. The molecular weight excluding hydrogens is 1990 g/mol. The number of thiazole rings is 4. The summed E-state index contributed by atoms with van der Waals surface area (Å²) < 4.78 is 60.8. The van der Waals surface area contributed by atoms with E-state index in [9.17, 15) is 53.3 Å². The molecule has 0 spiro atoms. The van der Waals surface area contributed by atoms with Crippen LogP contribution in [0.2, 0.25) is 0 Å². The number of carbonyl (C=O) groups is 2. The van der Waals surface area contributed by atoms with Crippen LogP contribution in [0.25, 0.3) is 67.6 Å². The van der Waals surface area contributed by atoms with Crippen molar-refractivity contribution in [2.45, 2.75) is 104 Å². The first-order valence-electron chi connectivity index (χ1n) is 49.0. The van der Waals surface area contributed by atoms with Crippen LogP contribution in [-0.4, -0.2) is 266 Å². The van der Waals surface area contributed by atoms with Crippen molar-refractivity contribution in [1.29, 1.82) is 21.0 Å². The van der Waals surface area contributed by atoms with Crippen LogP contribution in [0.15, 0.2) is 146 Å². The van der Waals surface area contributed by atoms with Crippen molar-refractivity contribution < 1.29 is 37.4 Å². The number of piperazine rings is 2. The second kappa shape index (κ2) is 46.4. The summed E-state index contributed by atoms with van der Waals surface area (Å²) in [5.74, 6) is 2.34. The maximum atomic E-state index is 13.5. The summed E-state index contributed by atoms with van der Waals surface area (Å²) in [7, 11) is 5.75. The quantitative estimate of drug-likeness (QED) is 0.0341. The molecule has 0 unspecified atom stereocenters. The van der Waals surface area contributed by atoms with E-state index in [1.54, 1.807) is 67.0 Å². The number of nitriles is 4. The number of nitrogens with one attached hydrogen (secondary N) is 2. The molecule has 0 atom stereocenters. The molecule has 6 aliphatic heterocycles. The summed E-state index contributed by atoms with van der Waals surface area (Å²) in [6, 6.07) is 41.0. The molecule has 45 heteroatoms. The number of benzene rings is 4. The number of nitrogens with zero attached hydrogens (tertiary/aromatic N) is 30. The standard InChI is InChI=1S/C28H30FN9O2S.C24H24FN7S.C23H23FN8S.C23H22FN7S.C5H8ClNO2/c1-3-21-26(34(2)28-32-25(22(14-30)41-28)18-4-6-19(29)7-5-18)27-31-23(8-9-38(27)33-21)36-12-10-35(11-13-36)17-24(40)37-15-20(39)16-37;1-3-18-22(23-27-20(11-14-32(23)29-18)31-12-5-4-6-13-31)30(2)24-28-21(19(15-26)33-24)16-7-9-17(25)10-8-16;1-3-17-21(22-27-19(8-11-32(22)29-17)31-12-9-26-10-13-31)30(2)23-28-20(18(14-25)33-23)15-4-6-16(24)7-5-15;1-2-17-21(22-26-19(10-13-31(22)29-17)30-11-4-3-5-12-30)28-23-27-20(18(14-25)32-23)15-6-8-16(24)9-7-15;6-1-5(9)7-2-4(8)3-7/h4-9,20,39H,3,10-13,15-17H2,1-2H3;7-11,14H,3-6,12-13H2,1-2H3;4-8,11,26H,3,9-10,12-13H2,1-2H3;6-10,13H,2-5,11-12H2,1H3,(H,27,28);4,8H,1-3H2. The number of β-amino-alcohol motifs (C(OH)–C–C–N with tert-alkyl or cyclic N) is 2. The fourth-order valence-corrected chi connectivity index (χ4v) is 21.8. The van der Waals surface area contributed by atoms with Gasteiger partial charge in [-0.2, -0.15) is 41.4 Å². The molecule has 0 saturated carbocycles. The lowest BCUT2D eigenvalue weighted by Gasteiger charge is -2.39. The number of aliphatic hydroxyl groups is 2. The zero-order chi connectivity index (χ0) is 104. The largest absolute Gasteiger partial charge is 0.389 e. The molecular formula is C103H107ClF4N32O4S4. The van der Waals surface area contributed by atoms with Gasteiger partial charge in [0.15, 0.2) is 43.1 Å². The summed E-state index contributed by atoms with van der Waals surface area (Å²) in [6.07, 6.45) is 17.2. The minimum Gasteiger partial charge on any atom is -0.389 e. The van der Waals surface area contributed by atoms with E-state index in [2.05, 4.69) is 83.3 Å². The van der Waals surface area contributed by atoms with Gasteiger partial charge in [0, 0.05) is 173 Å². The first-order chi connectivity index (χ1) is 71.9. The molecule has 148 heavy (non-hydrogen) atoms. The molecule has 16 aromatic rings. The van der Waals surface area contributed by atoms with E-state index in [1.807, 2.05) is 103 Å². The van der Waals surface area contributed by atoms with Gasteiger partial charge >= 0.3 is 0 Å². The Hall–Kier alpha value is -15.0. The van der Waals surface area contributed by atoms with E-state index in [1.165, 1.54) is 137 Å². The van der Waals surface area contributed by atoms with Crippen molar-refractivity contribution in [3.05, 3.63) is 212 Å². The minimum absolute atomic E-state index is 0.0206. The number of aryl methyl sites for hydroxylation is 4. The Morgan fingerprint density at radius 3 is 1.03 bits per heavy atom. The SMILES string of the molecule is CCc1nn2ccc(N3CCCCC3)nc2c1N(C)c1nc(-c2ccc(F)cc2)c(C#N)s1.CCc1nn2ccc(N3CCCCC3)nc2c1Nc1nc(-c2ccc(F)cc2)c(C#N)s1.CCc1nn2ccc(N3CCN(CC(=O)N4CC(O)C4)CC3)nc2c1N(C)c1nc(-c2ccc(F)cc2)c(C#N)s1.CCc1nn2ccc(N3CCNCC3)nc2c1N(C)c1nc(-c2ccc(F)cc2)c(C#N)s1.O=C(CCl)N1CC(O)C1. The average molecular weight is 2100 g/mol. The number of likely N-dealkylation sites (tertiary alicyclic amines) is 2. The van der Waals surface area contributed by atoms with Crippen LogP contribution in [0.1, 0.15) is 109 Å². The lowest BCUT2D eigenvalue weighted by Crippen LogP contribution is -2.57. The highest BCUT2D eigenvalue weighted by atomic mass is 35.5. The van der Waals surface area contributed by atoms with Crippen molar-refractivity contribution in [3.8, 4) is 69.3 Å². The molecule has 22 rings (SSSR count). The van der Waals surface area contributed by atoms with E-state index >= 15 is 0 Å². The summed E-state index contributed by atoms with van der Waals surface area (Å²) in [5, 5.41) is 85.2. The lowest BCUT2D eigenvalue weighted by molar-refractivity contribution is -0.142. The van der Waals surface area contributed by atoms with E-state index in [0.717, 1.165) is 184 Å². The van der Waals surface area contributed by atoms with Crippen LogP contribution in [-0.2, 0) is 35.3 Å². The molecule has 0 bridgehead atoms. The average Bonchev–Trinajstić information content (AvgIpc) is 1.61. The van der Waals surface area contributed by atoms with Gasteiger partial charge in [-0.3, -0.25) is 14.5 Å². The third kappa shape index (κ3) is 22.6. The third-order valence-electron chi connectivity index (χ3n) is 26.3. The summed E-state index contributed by atoms with van der Waals surface area (Å²) >= 11 is 10.4. The van der Waals surface area contributed by atoms with Crippen molar-refractivity contribution in [2.75, 3.05) is 178 Å². The number of anilines is 12. The monoisotopic (exact) mass is 2090 g/mol. The first kappa shape index (κ1) is 103. The van der Waals surface area contributed by atoms with E-state index < -0.39 is 6.10 Å². The second-order valence-electron chi connectivity index (χ2n) is 36.0. The molecule has 6 fully saturated rings. The normalized spacial score (nSPS) is 14.9. The second-order valence-corrected chi connectivity index (χ2v) is 40.2. The Balaban J connectivity index is 0.000000126. The molecule has 0 radical (unpaired) electrons. The van der Waals surface area contributed by atoms with Gasteiger partial charge in [-0.25, -0.2) is 75.5 Å². The maximum Gasteiger partial charge on any atom is 0.237 e. The highest BCUT2D eigenvalue weighted by molar-refractivity contribution is 7.17. The molecule has 2 amide bonds. The van der Waals surface area contributed by atoms with Crippen molar-refractivity contribution in [3.63, 3.8) is 0 Å². The lowest BCUT2D eigenvalue weighted by atomic mass is 10.1. The highest BCUT2D eigenvalue weighted by Crippen LogP contribution is 2.44. The molecule has 12 aromatic heterocycles. The molecule has 36 nitrogen and oxygen atoms in total. The van der Waals surface area contributed by atoms with Crippen LogP contribution in [0.3, 0.4) is 0 Å². The van der Waals surface area contributed by atoms with Gasteiger partial charge in [-0.15, -0.1) is 11.6 Å². The van der Waals surface area contributed by atoms with Gasteiger partial charge in [0.2, 0.25) is 11.8 Å². The molecule has 6 aliphatic rings. The van der Waals surface area contributed by atoms with E-state index in [4.69, 9.17) is 66.9 Å². The summed E-state index contributed by atoms with van der Waals surface area (Å²) in [5.41, 5.74) is 14.8. The fraction of sp³-hybridized carbons (Fsp3) is 0.359. The van der Waals surface area contributed by atoms with Crippen molar-refractivity contribution >= 4 is 158 Å². The smallest absolute Gasteiger partial charge is 0.237 e. The fourth-order valence-electron chi connectivity index (χ4n) is 18.3. The van der Waals surface area contributed by atoms with Gasteiger partial charge in [-0.1, -0.05) is 73.0 Å². The Morgan fingerprint density at radius 2 is 0.703 bits per heavy atom. The molecule has 18 heterocycles.